The molecule has 2 rings (SSSR count). The first-order chi connectivity index (χ1) is 6.86. The van der Waals surface area contributed by atoms with Crippen molar-refractivity contribution in [3.05, 3.63) is 48.2 Å². The van der Waals surface area contributed by atoms with Crippen LogP contribution in [0.15, 0.2) is 42.6 Å². The molecule has 0 bridgehead atoms. The average Bonchev–Trinajstić information content (AvgIpc) is 2.63. The molecule has 1 heterocycles. The molecule has 1 aromatic heterocycles. The third-order valence-electron chi connectivity index (χ3n) is 1.91. The van der Waals surface area contributed by atoms with E-state index in [1.807, 2.05) is 42.6 Å². The Morgan fingerprint density at radius 3 is 2.57 bits per heavy atom. The van der Waals surface area contributed by atoms with Crippen molar-refractivity contribution < 1.29 is 0 Å². The van der Waals surface area contributed by atoms with E-state index in [1.54, 1.807) is 16.9 Å². The molecule has 0 amide bonds. The smallest absolute Gasteiger partial charge is 0.126 e. The van der Waals surface area contributed by atoms with Crippen molar-refractivity contribution in [1.82, 2.24) is 9.78 Å². The van der Waals surface area contributed by atoms with Gasteiger partial charge in [-0.15, -0.1) is 0 Å². The third kappa shape index (κ3) is 1.82. The summed E-state index contributed by atoms with van der Waals surface area (Å²) >= 11 is 0. The zero-order valence-electron chi connectivity index (χ0n) is 7.67. The van der Waals surface area contributed by atoms with Gasteiger partial charge >= 0.3 is 0 Å². The Bertz CT molecular complexity index is 429. The van der Waals surface area contributed by atoms with Crippen LogP contribution in [0, 0.1) is 0 Å². The number of rotatable bonds is 2. The Morgan fingerprint density at radius 1 is 1.14 bits per heavy atom. The lowest BCUT2D eigenvalue weighted by molar-refractivity contribution is 0.948. The van der Waals surface area contributed by atoms with Gasteiger partial charge in [-0.1, -0.05) is 30.3 Å². The number of hydrogen-bond acceptors (Lipinski definition) is 2. The summed E-state index contributed by atoms with van der Waals surface area (Å²) in [5, 5.41) is 4.04. The largest absolute Gasteiger partial charge is 0.384 e. The van der Waals surface area contributed by atoms with Gasteiger partial charge in [-0.2, -0.15) is 5.10 Å². The number of benzene rings is 1. The molecular weight excluding hydrogens is 174 g/mol. The van der Waals surface area contributed by atoms with Gasteiger partial charge in [0.15, 0.2) is 0 Å². The van der Waals surface area contributed by atoms with E-state index in [9.17, 15) is 0 Å². The van der Waals surface area contributed by atoms with Crippen LogP contribution < -0.4 is 5.73 Å². The summed E-state index contributed by atoms with van der Waals surface area (Å²) in [5.41, 5.74) is 6.78. The minimum Gasteiger partial charge on any atom is -0.384 e. The van der Waals surface area contributed by atoms with Crippen molar-refractivity contribution in [1.29, 1.82) is 0 Å². The summed E-state index contributed by atoms with van der Waals surface area (Å²) in [5.74, 6) is 0.636. The number of hydrogen-bond donors (Lipinski definition) is 1. The summed E-state index contributed by atoms with van der Waals surface area (Å²) < 4.78 is 1.63. The molecule has 0 aliphatic rings. The minimum atomic E-state index is 0.636. The SMILES string of the molecule is Nc1ccnn1C=Cc1ccccc1. The molecule has 0 aliphatic heterocycles. The fourth-order valence-electron chi connectivity index (χ4n) is 1.17. The Labute approximate surface area is 82.5 Å². The lowest BCUT2D eigenvalue weighted by atomic mass is 10.2. The second-order valence-electron chi connectivity index (χ2n) is 2.93. The topological polar surface area (TPSA) is 43.8 Å². The predicted octanol–water partition coefficient (Wildman–Crippen LogP) is 2.09. The normalized spacial score (nSPS) is 10.9. The van der Waals surface area contributed by atoms with Crippen molar-refractivity contribution in [2.75, 3.05) is 5.73 Å². The van der Waals surface area contributed by atoms with E-state index in [-0.39, 0.29) is 0 Å². The molecule has 0 aliphatic carbocycles. The van der Waals surface area contributed by atoms with Gasteiger partial charge in [0.2, 0.25) is 0 Å². The van der Waals surface area contributed by atoms with Crippen molar-refractivity contribution in [3.8, 4) is 0 Å². The monoisotopic (exact) mass is 185 g/mol. The summed E-state index contributed by atoms with van der Waals surface area (Å²) in [4.78, 5) is 0. The Hall–Kier alpha value is -2.03. The summed E-state index contributed by atoms with van der Waals surface area (Å²) in [6.45, 7) is 0. The van der Waals surface area contributed by atoms with Gasteiger partial charge in [0.25, 0.3) is 0 Å². The van der Waals surface area contributed by atoms with Crippen LogP contribution in [0.25, 0.3) is 12.3 Å². The first kappa shape index (κ1) is 8.56. The summed E-state index contributed by atoms with van der Waals surface area (Å²) in [6, 6.07) is 11.8. The fraction of sp³-hybridized carbons (Fsp3) is 0. The molecule has 2 N–H and O–H groups in total. The number of nitrogens with zero attached hydrogens (tertiary/aromatic N) is 2. The highest BCUT2D eigenvalue weighted by Crippen LogP contribution is 2.05. The zero-order chi connectivity index (χ0) is 9.80. The van der Waals surface area contributed by atoms with Crippen molar-refractivity contribution >= 4 is 18.1 Å². The molecule has 0 saturated heterocycles. The van der Waals surface area contributed by atoms with Gasteiger partial charge in [-0.05, 0) is 11.6 Å². The van der Waals surface area contributed by atoms with Gasteiger partial charge in [0, 0.05) is 12.3 Å². The quantitative estimate of drug-likeness (QED) is 0.778. The third-order valence-corrected chi connectivity index (χ3v) is 1.91. The number of anilines is 1. The van der Waals surface area contributed by atoms with Gasteiger partial charge < -0.3 is 5.73 Å². The number of nitrogens with two attached hydrogens (primary N) is 1. The minimum absolute atomic E-state index is 0.636. The molecule has 2 aromatic rings. The standard InChI is InChI=1S/C11H11N3/c12-11-6-8-13-14(11)9-7-10-4-2-1-3-5-10/h1-9H,12H2. The Balaban J connectivity index is 2.20. The van der Waals surface area contributed by atoms with E-state index in [0.29, 0.717) is 5.82 Å². The van der Waals surface area contributed by atoms with Crippen molar-refractivity contribution in [3.63, 3.8) is 0 Å². The maximum atomic E-state index is 5.65. The molecule has 3 heteroatoms. The number of aromatic nitrogens is 2. The molecule has 14 heavy (non-hydrogen) atoms. The van der Waals surface area contributed by atoms with Gasteiger partial charge in [-0.25, -0.2) is 4.68 Å². The van der Waals surface area contributed by atoms with Crippen LogP contribution in [0.1, 0.15) is 5.56 Å². The van der Waals surface area contributed by atoms with Crippen LogP contribution in [0.3, 0.4) is 0 Å². The zero-order valence-corrected chi connectivity index (χ0v) is 7.67. The van der Waals surface area contributed by atoms with Crippen molar-refractivity contribution in [2.24, 2.45) is 0 Å². The molecule has 0 spiro atoms. The van der Waals surface area contributed by atoms with E-state index in [0.717, 1.165) is 5.56 Å². The summed E-state index contributed by atoms with van der Waals surface area (Å²) in [7, 11) is 0. The lowest BCUT2D eigenvalue weighted by Crippen LogP contribution is -1.95. The van der Waals surface area contributed by atoms with E-state index in [4.69, 9.17) is 5.73 Å². The highest BCUT2D eigenvalue weighted by molar-refractivity contribution is 5.61. The molecule has 0 fully saturated rings. The first-order valence-electron chi connectivity index (χ1n) is 4.38. The van der Waals surface area contributed by atoms with E-state index >= 15 is 0 Å². The molecule has 0 saturated carbocycles. The van der Waals surface area contributed by atoms with Crippen LogP contribution >= 0.6 is 0 Å². The fourth-order valence-corrected chi connectivity index (χ4v) is 1.17. The van der Waals surface area contributed by atoms with Gasteiger partial charge in [-0.3, -0.25) is 0 Å². The number of nitrogen functional groups attached to an aromatic ring is 1. The maximum absolute atomic E-state index is 5.65. The van der Waals surface area contributed by atoms with Gasteiger partial charge in [0.05, 0.1) is 6.20 Å². The molecule has 3 nitrogen and oxygen atoms in total. The van der Waals surface area contributed by atoms with E-state index < -0.39 is 0 Å². The van der Waals surface area contributed by atoms with Crippen molar-refractivity contribution in [2.45, 2.75) is 0 Å². The van der Waals surface area contributed by atoms with Crippen LogP contribution in [-0.2, 0) is 0 Å². The van der Waals surface area contributed by atoms with Crippen LogP contribution in [0.2, 0.25) is 0 Å². The molecular formula is C11H11N3. The molecule has 0 radical (unpaired) electrons. The van der Waals surface area contributed by atoms with Gasteiger partial charge in [0.1, 0.15) is 5.82 Å². The summed E-state index contributed by atoms with van der Waals surface area (Å²) in [6.07, 6.45) is 5.47. The highest BCUT2D eigenvalue weighted by atomic mass is 15.3. The van der Waals surface area contributed by atoms with E-state index in [2.05, 4.69) is 5.10 Å². The van der Waals surface area contributed by atoms with Crippen LogP contribution in [-0.4, -0.2) is 9.78 Å². The predicted molar refractivity (Wildman–Crippen MR) is 58.3 cm³/mol. The Morgan fingerprint density at radius 2 is 1.93 bits per heavy atom. The molecule has 0 unspecified atom stereocenters. The highest BCUT2D eigenvalue weighted by Gasteiger charge is 1.90. The van der Waals surface area contributed by atoms with E-state index in [1.165, 1.54) is 0 Å². The average molecular weight is 185 g/mol. The maximum Gasteiger partial charge on any atom is 0.126 e. The second kappa shape index (κ2) is 3.79. The molecule has 70 valence electrons. The lowest BCUT2D eigenvalue weighted by Gasteiger charge is -1.95. The Kier molecular flexibility index (Phi) is 2.32. The second-order valence-corrected chi connectivity index (χ2v) is 2.93. The first-order valence-corrected chi connectivity index (χ1v) is 4.38. The molecule has 0 atom stereocenters. The molecule has 1 aromatic carbocycles. The van der Waals surface area contributed by atoms with Crippen LogP contribution in [0.5, 0.6) is 0 Å². The van der Waals surface area contributed by atoms with Crippen LogP contribution in [0.4, 0.5) is 5.82 Å².